The standard InChI is InChI=1S/C20H22FN3O2/c1-23(2)11-12-24(14-15-7-9-16(21)10-8-15)20(25)13-18-17-5-3-4-6-19(17)26-22-18/h3-10H,11-14H2,1-2H3. The predicted molar refractivity (Wildman–Crippen MR) is 98.1 cm³/mol. The van der Waals surface area contributed by atoms with Crippen molar-refractivity contribution in [1.29, 1.82) is 0 Å². The molecule has 1 aromatic heterocycles. The van der Waals surface area contributed by atoms with Crippen LogP contribution in [0.3, 0.4) is 0 Å². The molecule has 0 aliphatic carbocycles. The number of nitrogens with zero attached hydrogens (tertiary/aromatic N) is 3. The van der Waals surface area contributed by atoms with Crippen molar-refractivity contribution in [3.8, 4) is 0 Å². The molecule has 0 bridgehead atoms. The zero-order chi connectivity index (χ0) is 18.5. The quantitative estimate of drug-likeness (QED) is 0.653. The topological polar surface area (TPSA) is 49.6 Å². The normalized spacial score (nSPS) is 11.2. The lowest BCUT2D eigenvalue weighted by atomic mass is 10.1. The van der Waals surface area contributed by atoms with Gasteiger partial charge in [0.05, 0.1) is 6.42 Å². The van der Waals surface area contributed by atoms with Gasteiger partial charge in [-0.05, 0) is 43.9 Å². The molecule has 0 saturated heterocycles. The number of likely N-dealkylation sites (N-methyl/N-ethyl adjacent to an activating group) is 1. The van der Waals surface area contributed by atoms with E-state index in [1.807, 2.05) is 43.3 Å². The summed E-state index contributed by atoms with van der Waals surface area (Å²) in [5, 5.41) is 4.91. The maximum atomic E-state index is 13.1. The van der Waals surface area contributed by atoms with E-state index in [0.717, 1.165) is 17.5 Å². The van der Waals surface area contributed by atoms with E-state index in [9.17, 15) is 9.18 Å². The predicted octanol–water partition coefficient (Wildman–Crippen LogP) is 3.10. The van der Waals surface area contributed by atoms with Gasteiger partial charge >= 0.3 is 0 Å². The Labute approximate surface area is 152 Å². The summed E-state index contributed by atoms with van der Waals surface area (Å²) >= 11 is 0. The van der Waals surface area contributed by atoms with E-state index < -0.39 is 0 Å². The number of para-hydroxylation sites is 1. The molecule has 0 aliphatic rings. The van der Waals surface area contributed by atoms with E-state index >= 15 is 0 Å². The van der Waals surface area contributed by atoms with E-state index in [2.05, 4.69) is 5.16 Å². The number of hydrogen-bond donors (Lipinski definition) is 0. The molecule has 26 heavy (non-hydrogen) atoms. The van der Waals surface area contributed by atoms with E-state index in [4.69, 9.17) is 4.52 Å². The fraction of sp³-hybridized carbons (Fsp3) is 0.300. The van der Waals surface area contributed by atoms with Gasteiger partial charge in [0.25, 0.3) is 0 Å². The second kappa shape index (κ2) is 8.10. The highest BCUT2D eigenvalue weighted by Gasteiger charge is 2.18. The van der Waals surface area contributed by atoms with E-state index in [1.165, 1.54) is 12.1 Å². The van der Waals surface area contributed by atoms with Crippen LogP contribution in [0.5, 0.6) is 0 Å². The van der Waals surface area contributed by atoms with Crippen LogP contribution in [-0.2, 0) is 17.8 Å². The molecular formula is C20H22FN3O2. The second-order valence-electron chi connectivity index (χ2n) is 6.55. The van der Waals surface area contributed by atoms with Gasteiger partial charge in [-0.25, -0.2) is 4.39 Å². The van der Waals surface area contributed by atoms with Crippen molar-refractivity contribution in [2.75, 3.05) is 27.2 Å². The third-order valence-corrected chi connectivity index (χ3v) is 4.23. The summed E-state index contributed by atoms with van der Waals surface area (Å²) in [5.74, 6) is -0.316. The van der Waals surface area contributed by atoms with Crippen molar-refractivity contribution in [2.45, 2.75) is 13.0 Å². The molecule has 0 radical (unpaired) electrons. The van der Waals surface area contributed by atoms with Gasteiger partial charge < -0.3 is 14.3 Å². The minimum atomic E-state index is -0.283. The van der Waals surface area contributed by atoms with Gasteiger partial charge in [0, 0.05) is 25.0 Å². The Hall–Kier alpha value is -2.73. The van der Waals surface area contributed by atoms with Crippen LogP contribution in [0.25, 0.3) is 11.0 Å². The molecule has 136 valence electrons. The Balaban J connectivity index is 1.76. The number of aromatic nitrogens is 1. The summed E-state index contributed by atoms with van der Waals surface area (Å²) in [4.78, 5) is 16.7. The molecule has 5 nitrogen and oxygen atoms in total. The van der Waals surface area contributed by atoms with Crippen molar-refractivity contribution >= 4 is 16.9 Å². The fourth-order valence-corrected chi connectivity index (χ4v) is 2.74. The SMILES string of the molecule is CN(C)CCN(Cc1ccc(F)cc1)C(=O)Cc1noc2ccccc12. The minimum Gasteiger partial charge on any atom is -0.356 e. The van der Waals surface area contributed by atoms with Gasteiger partial charge in [-0.1, -0.05) is 29.4 Å². The van der Waals surface area contributed by atoms with Gasteiger partial charge in [0.15, 0.2) is 5.58 Å². The first kappa shape index (κ1) is 18.1. The van der Waals surface area contributed by atoms with E-state index in [1.54, 1.807) is 17.0 Å². The zero-order valence-corrected chi connectivity index (χ0v) is 15.0. The lowest BCUT2D eigenvalue weighted by Gasteiger charge is -2.24. The molecular weight excluding hydrogens is 333 g/mol. The third kappa shape index (κ3) is 4.46. The molecule has 0 aliphatic heterocycles. The smallest absolute Gasteiger partial charge is 0.229 e. The Morgan fingerprint density at radius 3 is 2.54 bits per heavy atom. The maximum absolute atomic E-state index is 13.1. The number of rotatable bonds is 7. The van der Waals surface area contributed by atoms with Crippen molar-refractivity contribution in [2.24, 2.45) is 0 Å². The number of fused-ring (bicyclic) bond motifs is 1. The van der Waals surface area contributed by atoms with Crippen molar-refractivity contribution in [1.82, 2.24) is 15.0 Å². The highest BCUT2D eigenvalue weighted by molar-refractivity contribution is 5.86. The highest BCUT2D eigenvalue weighted by Crippen LogP contribution is 2.19. The van der Waals surface area contributed by atoms with Gasteiger partial charge in [0.1, 0.15) is 11.5 Å². The fourth-order valence-electron chi connectivity index (χ4n) is 2.74. The van der Waals surface area contributed by atoms with Crippen LogP contribution in [0.2, 0.25) is 0 Å². The lowest BCUT2D eigenvalue weighted by molar-refractivity contribution is -0.131. The van der Waals surface area contributed by atoms with Crippen LogP contribution in [0.4, 0.5) is 4.39 Å². The molecule has 0 unspecified atom stereocenters. The molecule has 1 amide bonds. The summed E-state index contributed by atoms with van der Waals surface area (Å²) in [6.45, 7) is 1.76. The van der Waals surface area contributed by atoms with Gasteiger partial charge in [0.2, 0.25) is 5.91 Å². The van der Waals surface area contributed by atoms with Crippen molar-refractivity contribution in [3.63, 3.8) is 0 Å². The van der Waals surface area contributed by atoms with Crippen LogP contribution in [0, 0.1) is 5.82 Å². The molecule has 3 rings (SSSR count). The van der Waals surface area contributed by atoms with E-state index in [0.29, 0.717) is 24.4 Å². The van der Waals surface area contributed by atoms with Crippen molar-refractivity contribution < 1.29 is 13.7 Å². The first-order valence-corrected chi connectivity index (χ1v) is 8.53. The molecule has 0 saturated carbocycles. The summed E-state index contributed by atoms with van der Waals surface area (Å²) < 4.78 is 18.4. The summed E-state index contributed by atoms with van der Waals surface area (Å²) in [6.07, 6.45) is 0.172. The Morgan fingerprint density at radius 2 is 1.81 bits per heavy atom. The first-order valence-electron chi connectivity index (χ1n) is 8.53. The Morgan fingerprint density at radius 1 is 1.08 bits per heavy atom. The average Bonchev–Trinajstić information content (AvgIpc) is 3.03. The second-order valence-corrected chi connectivity index (χ2v) is 6.55. The van der Waals surface area contributed by atoms with Crippen LogP contribution in [0.15, 0.2) is 53.1 Å². The van der Waals surface area contributed by atoms with E-state index in [-0.39, 0.29) is 18.1 Å². The number of amides is 1. The number of carbonyl (C=O) groups excluding carboxylic acids is 1. The number of benzene rings is 2. The van der Waals surface area contributed by atoms with Gasteiger partial charge in [-0.3, -0.25) is 4.79 Å². The summed E-state index contributed by atoms with van der Waals surface area (Å²) in [5.41, 5.74) is 2.21. The van der Waals surface area contributed by atoms with Crippen LogP contribution < -0.4 is 0 Å². The van der Waals surface area contributed by atoms with Crippen LogP contribution in [0.1, 0.15) is 11.3 Å². The molecule has 3 aromatic rings. The highest BCUT2D eigenvalue weighted by atomic mass is 19.1. The number of carbonyl (C=O) groups is 1. The number of hydrogen-bond acceptors (Lipinski definition) is 4. The zero-order valence-electron chi connectivity index (χ0n) is 15.0. The molecule has 0 spiro atoms. The lowest BCUT2D eigenvalue weighted by Crippen LogP contribution is -2.37. The summed E-state index contributed by atoms with van der Waals surface area (Å²) in [7, 11) is 3.93. The van der Waals surface area contributed by atoms with Gasteiger partial charge in [-0.15, -0.1) is 0 Å². The monoisotopic (exact) mass is 355 g/mol. The average molecular weight is 355 g/mol. The maximum Gasteiger partial charge on any atom is 0.229 e. The molecule has 2 aromatic carbocycles. The summed E-state index contributed by atoms with van der Waals surface area (Å²) in [6, 6.07) is 13.7. The third-order valence-electron chi connectivity index (χ3n) is 4.23. The Kier molecular flexibility index (Phi) is 5.63. The van der Waals surface area contributed by atoms with Crippen molar-refractivity contribution in [3.05, 3.63) is 65.6 Å². The molecule has 1 heterocycles. The minimum absolute atomic E-state index is 0.0322. The number of halogens is 1. The van der Waals surface area contributed by atoms with Crippen LogP contribution in [-0.4, -0.2) is 48.0 Å². The molecule has 0 fully saturated rings. The Bertz CT molecular complexity index is 874. The molecule has 6 heteroatoms. The largest absolute Gasteiger partial charge is 0.356 e. The van der Waals surface area contributed by atoms with Gasteiger partial charge in [-0.2, -0.15) is 0 Å². The van der Waals surface area contributed by atoms with Crippen LogP contribution >= 0.6 is 0 Å². The first-order chi connectivity index (χ1) is 12.5. The molecule has 0 N–H and O–H groups in total. The molecule has 0 atom stereocenters.